The Bertz CT molecular complexity index is 685. The zero-order valence-corrected chi connectivity index (χ0v) is 12.5. The molecule has 1 aromatic carbocycles. The average Bonchev–Trinajstić information content (AvgIpc) is 3.30. The van der Waals surface area contributed by atoms with Gasteiger partial charge in [0.25, 0.3) is 0 Å². The Hall–Kier alpha value is -1.65. The molecule has 1 unspecified atom stereocenters. The second kappa shape index (κ2) is 5.62. The summed E-state index contributed by atoms with van der Waals surface area (Å²) < 4.78 is 0. The zero-order valence-electron chi connectivity index (χ0n) is 11.8. The van der Waals surface area contributed by atoms with Gasteiger partial charge in [0.15, 0.2) is 0 Å². The van der Waals surface area contributed by atoms with E-state index in [4.69, 9.17) is 11.6 Å². The van der Waals surface area contributed by atoms with Crippen LogP contribution < -0.4 is 0 Å². The lowest BCUT2D eigenvalue weighted by Gasteiger charge is -2.27. The minimum Gasteiger partial charge on any atom is -0.480 e. The largest absolute Gasteiger partial charge is 0.480 e. The molecule has 1 atom stereocenters. The fourth-order valence-electron chi connectivity index (χ4n) is 2.64. The van der Waals surface area contributed by atoms with E-state index in [0.717, 1.165) is 29.3 Å². The third kappa shape index (κ3) is 2.87. The lowest BCUT2D eigenvalue weighted by molar-refractivity contribution is -0.143. The minimum absolute atomic E-state index is 0.339. The van der Waals surface area contributed by atoms with Crippen LogP contribution in [0, 0.1) is 0 Å². The van der Waals surface area contributed by atoms with Gasteiger partial charge < -0.3 is 5.11 Å². The van der Waals surface area contributed by atoms with Gasteiger partial charge in [0, 0.05) is 34.8 Å². The Kier molecular flexibility index (Phi) is 3.83. The number of pyridine rings is 1. The fraction of sp³-hybridized carbons (Fsp3) is 0.375. The van der Waals surface area contributed by atoms with Crippen LogP contribution in [-0.2, 0) is 11.3 Å². The molecule has 1 N–H and O–H groups in total. The topological polar surface area (TPSA) is 53.4 Å². The zero-order chi connectivity index (χ0) is 15.0. The summed E-state index contributed by atoms with van der Waals surface area (Å²) in [6.45, 7) is 2.25. The van der Waals surface area contributed by atoms with Gasteiger partial charge in [-0.1, -0.05) is 23.7 Å². The molecule has 5 heteroatoms. The van der Waals surface area contributed by atoms with Crippen LogP contribution in [0.15, 0.2) is 30.5 Å². The van der Waals surface area contributed by atoms with E-state index in [1.165, 1.54) is 0 Å². The highest BCUT2D eigenvalue weighted by Crippen LogP contribution is 2.33. The molecule has 3 rings (SSSR count). The minimum atomic E-state index is -0.800. The van der Waals surface area contributed by atoms with E-state index in [-0.39, 0.29) is 0 Å². The number of halogens is 1. The van der Waals surface area contributed by atoms with Crippen molar-refractivity contribution in [2.75, 3.05) is 0 Å². The molecule has 1 heterocycles. The molecule has 0 aliphatic heterocycles. The maximum atomic E-state index is 11.3. The van der Waals surface area contributed by atoms with Gasteiger partial charge in [-0.25, -0.2) is 0 Å². The van der Waals surface area contributed by atoms with Gasteiger partial charge in [0.2, 0.25) is 0 Å². The summed E-state index contributed by atoms with van der Waals surface area (Å²) in [6, 6.07) is 7.50. The van der Waals surface area contributed by atoms with Gasteiger partial charge in [-0.05, 0) is 31.9 Å². The second-order valence-electron chi connectivity index (χ2n) is 5.52. The van der Waals surface area contributed by atoms with Gasteiger partial charge >= 0.3 is 5.97 Å². The van der Waals surface area contributed by atoms with Gasteiger partial charge in [0.1, 0.15) is 6.04 Å². The number of aliphatic carboxylic acids is 1. The van der Waals surface area contributed by atoms with Crippen LogP contribution in [0.5, 0.6) is 0 Å². The van der Waals surface area contributed by atoms with Crippen molar-refractivity contribution in [3.63, 3.8) is 0 Å². The molecule has 1 aromatic heterocycles. The number of benzene rings is 1. The molecule has 1 saturated carbocycles. The van der Waals surface area contributed by atoms with Gasteiger partial charge in [0.05, 0.1) is 5.52 Å². The fourth-order valence-corrected chi connectivity index (χ4v) is 2.86. The first-order valence-corrected chi connectivity index (χ1v) is 7.46. The van der Waals surface area contributed by atoms with E-state index < -0.39 is 12.0 Å². The van der Waals surface area contributed by atoms with Gasteiger partial charge in [-0.15, -0.1) is 0 Å². The van der Waals surface area contributed by atoms with Gasteiger partial charge in [-0.2, -0.15) is 0 Å². The molecular formula is C16H17ClN2O2. The third-order valence-corrected chi connectivity index (χ3v) is 4.39. The van der Waals surface area contributed by atoms with Crippen LogP contribution in [0.4, 0.5) is 0 Å². The monoisotopic (exact) mass is 304 g/mol. The first-order chi connectivity index (χ1) is 10.1. The van der Waals surface area contributed by atoms with Crippen LogP contribution in [0.3, 0.4) is 0 Å². The summed E-state index contributed by atoms with van der Waals surface area (Å²) in [5, 5.41) is 11.0. The summed E-state index contributed by atoms with van der Waals surface area (Å²) in [5.74, 6) is -0.800. The standard InChI is InChI=1S/C16H17ClN2O2/c1-10(16(20)21)19(12-5-6-12)9-13-14(17)7-4-11-3-2-8-18-15(11)13/h2-4,7-8,10,12H,5-6,9H2,1H3,(H,20,21). The Morgan fingerprint density at radius 1 is 1.48 bits per heavy atom. The summed E-state index contributed by atoms with van der Waals surface area (Å²) in [5.41, 5.74) is 1.77. The number of aromatic nitrogens is 1. The molecule has 110 valence electrons. The van der Waals surface area contributed by atoms with Crippen LogP contribution in [0.2, 0.25) is 5.02 Å². The Labute approximate surface area is 128 Å². The van der Waals surface area contributed by atoms with Crippen molar-refractivity contribution in [3.05, 3.63) is 41.0 Å². The van der Waals surface area contributed by atoms with Crippen molar-refractivity contribution in [1.82, 2.24) is 9.88 Å². The Morgan fingerprint density at radius 3 is 2.90 bits per heavy atom. The van der Waals surface area contributed by atoms with Crippen molar-refractivity contribution >= 4 is 28.5 Å². The first kappa shape index (κ1) is 14.3. The molecule has 0 bridgehead atoms. The third-order valence-electron chi connectivity index (χ3n) is 4.03. The van der Waals surface area contributed by atoms with Crippen LogP contribution in [0.1, 0.15) is 25.3 Å². The Morgan fingerprint density at radius 2 is 2.24 bits per heavy atom. The maximum absolute atomic E-state index is 11.3. The maximum Gasteiger partial charge on any atom is 0.320 e. The van der Waals surface area contributed by atoms with E-state index >= 15 is 0 Å². The number of carboxylic acids is 1. The van der Waals surface area contributed by atoms with Crippen LogP contribution in [-0.4, -0.2) is 33.0 Å². The lowest BCUT2D eigenvalue weighted by atomic mass is 10.1. The van der Waals surface area contributed by atoms with E-state index in [0.29, 0.717) is 17.6 Å². The number of hydrogen-bond acceptors (Lipinski definition) is 3. The van der Waals surface area contributed by atoms with Crippen molar-refractivity contribution < 1.29 is 9.90 Å². The van der Waals surface area contributed by atoms with E-state index in [1.807, 2.05) is 29.2 Å². The lowest BCUT2D eigenvalue weighted by Crippen LogP contribution is -2.40. The SMILES string of the molecule is CC(C(=O)O)N(Cc1c(Cl)ccc2cccnc12)C1CC1. The van der Waals surface area contributed by atoms with Crippen molar-refractivity contribution in [3.8, 4) is 0 Å². The molecule has 21 heavy (non-hydrogen) atoms. The molecule has 1 aliphatic rings. The van der Waals surface area contributed by atoms with E-state index in [2.05, 4.69) is 4.98 Å². The number of nitrogens with zero attached hydrogens (tertiary/aromatic N) is 2. The number of hydrogen-bond donors (Lipinski definition) is 1. The van der Waals surface area contributed by atoms with E-state index in [1.54, 1.807) is 13.1 Å². The highest BCUT2D eigenvalue weighted by atomic mass is 35.5. The summed E-state index contributed by atoms with van der Waals surface area (Å²) in [7, 11) is 0. The van der Waals surface area contributed by atoms with Crippen molar-refractivity contribution in [2.45, 2.75) is 38.4 Å². The van der Waals surface area contributed by atoms with Crippen molar-refractivity contribution in [2.24, 2.45) is 0 Å². The summed E-state index contributed by atoms with van der Waals surface area (Å²) in [4.78, 5) is 17.8. The van der Waals surface area contributed by atoms with Gasteiger partial charge in [-0.3, -0.25) is 14.7 Å². The number of carboxylic acid groups (broad SMARTS) is 1. The molecular weight excluding hydrogens is 288 g/mol. The number of rotatable bonds is 5. The normalized spacial score (nSPS) is 16.3. The Balaban J connectivity index is 1.99. The average molecular weight is 305 g/mol. The molecule has 0 spiro atoms. The van der Waals surface area contributed by atoms with Crippen LogP contribution >= 0.6 is 11.6 Å². The highest BCUT2D eigenvalue weighted by molar-refractivity contribution is 6.32. The van der Waals surface area contributed by atoms with E-state index in [9.17, 15) is 9.90 Å². The summed E-state index contributed by atoms with van der Waals surface area (Å²) >= 11 is 6.34. The molecule has 2 aromatic rings. The number of fused-ring (bicyclic) bond motifs is 1. The van der Waals surface area contributed by atoms with Crippen molar-refractivity contribution in [1.29, 1.82) is 0 Å². The second-order valence-corrected chi connectivity index (χ2v) is 5.93. The van der Waals surface area contributed by atoms with Crippen LogP contribution in [0.25, 0.3) is 10.9 Å². The molecule has 1 fully saturated rings. The summed E-state index contributed by atoms with van der Waals surface area (Å²) in [6.07, 6.45) is 3.84. The quantitative estimate of drug-likeness (QED) is 0.920. The molecule has 0 amide bonds. The molecule has 1 aliphatic carbocycles. The molecule has 0 radical (unpaired) electrons. The molecule has 0 saturated heterocycles. The highest BCUT2D eigenvalue weighted by Gasteiger charge is 2.35. The smallest absolute Gasteiger partial charge is 0.320 e. The number of carbonyl (C=O) groups is 1. The predicted molar refractivity (Wildman–Crippen MR) is 82.4 cm³/mol. The molecule has 4 nitrogen and oxygen atoms in total. The first-order valence-electron chi connectivity index (χ1n) is 7.08. The predicted octanol–water partition coefficient (Wildman–Crippen LogP) is 3.33.